The number of carbonyl (C=O) groups excluding carboxylic acids is 1. The number of hydrogen-bond donors (Lipinski definition) is 1. The van der Waals surface area contributed by atoms with Crippen molar-refractivity contribution in [3.63, 3.8) is 0 Å². The molecule has 1 amide bonds. The van der Waals surface area contributed by atoms with Gasteiger partial charge < -0.3 is 5.32 Å². The Morgan fingerprint density at radius 2 is 2.19 bits per heavy atom. The fraction of sp³-hybridized carbons (Fsp3) is 0.357. The van der Waals surface area contributed by atoms with Crippen LogP contribution in [0.25, 0.3) is 0 Å². The number of anilines is 1. The summed E-state index contributed by atoms with van der Waals surface area (Å²) in [5.41, 5.74) is 1.65. The first-order valence-corrected chi connectivity index (χ1v) is 7.67. The maximum Gasteiger partial charge on any atom is 0.230 e. The predicted octanol–water partition coefficient (Wildman–Crippen LogP) is 3.59. The first-order chi connectivity index (χ1) is 9.88. The lowest BCUT2D eigenvalue weighted by Crippen LogP contribution is -2.25. The van der Waals surface area contributed by atoms with Crippen molar-refractivity contribution in [3.05, 3.63) is 39.2 Å². The quantitative estimate of drug-likeness (QED) is 0.893. The fourth-order valence-corrected chi connectivity index (χ4v) is 2.26. The van der Waals surface area contributed by atoms with E-state index in [0.29, 0.717) is 17.4 Å². The molecule has 21 heavy (non-hydrogen) atoms. The lowest BCUT2D eigenvalue weighted by Gasteiger charge is -2.13. The van der Waals surface area contributed by atoms with Gasteiger partial charge in [-0.1, -0.05) is 18.5 Å². The van der Waals surface area contributed by atoms with E-state index >= 15 is 0 Å². The topological polar surface area (TPSA) is 59.8 Å². The average Bonchev–Trinajstić information content (AvgIpc) is 2.69. The van der Waals surface area contributed by atoms with Crippen LogP contribution in [0, 0.1) is 19.8 Å². The summed E-state index contributed by atoms with van der Waals surface area (Å²) in [5.74, 6) is 0.180. The Morgan fingerprint density at radius 3 is 2.71 bits per heavy atom. The van der Waals surface area contributed by atoms with E-state index < -0.39 is 0 Å². The van der Waals surface area contributed by atoms with Crippen LogP contribution >= 0.6 is 27.5 Å². The molecule has 0 aliphatic carbocycles. The van der Waals surface area contributed by atoms with Crippen molar-refractivity contribution in [3.8, 4) is 0 Å². The molecule has 7 heteroatoms. The molecule has 0 aliphatic heterocycles. The third-order valence-corrected chi connectivity index (χ3v) is 4.18. The number of rotatable bonds is 4. The van der Waals surface area contributed by atoms with E-state index in [1.165, 1.54) is 0 Å². The number of amides is 1. The molecule has 0 fully saturated rings. The van der Waals surface area contributed by atoms with E-state index in [-0.39, 0.29) is 11.8 Å². The van der Waals surface area contributed by atoms with Crippen LogP contribution in [0.1, 0.15) is 18.3 Å². The fourth-order valence-electron chi connectivity index (χ4n) is 1.89. The van der Waals surface area contributed by atoms with Crippen LogP contribution in [-0.2, 0) is 11.3 Å². The third-order valence-electron chi connectivity index (χ3n) is 3.17. The van der Waals surface area contributed by atoms with E-state index in [0.717, 1.165) is 15.9 Å². The van der Waals surface area contributed by atoms with Crippen molar-refractivity contribution in [2.24, 2.45) is 5.92 Å². The number of aryl methyl sites for hydroxylation is 1. The van der Waals surface area contributed by atoms with Crippen LogP contribution in [0.4, 0.5) is 5.82 Å². The summed E-state index contributed by atoms with van der Waals surface area (Å²) in [6.45, 7) is 6.06. The number of nitrogens with one attached hydrogen (secondary N) is 1. The minimum Gasteiger partial charge on any atom is -0.310 e. The van der Waals surface area contributed by atoms with Crippen molar-refractivity contribution in [2.45, 2.75) is 27.3 Å². The zero-order chi connectivity index (χ0) is 15.6. The molecule has 5 nitrogen and oxygen atoms in total. The van der Waals surface area contributed by atoms with Crippen LogP contribution in [-0.4, -0.2) is 20.7 Å². The maximum atomic E-state index is 12.2. The molecule has 2 aromatic rings. The Balaban J connectivity index is 2.02. The van der Waals surface area contributed by atoms with Gasteiger partial charge in [0.25, 0.3) is 0 Å². The van der Waals surface area contributed by atoms with E-state index in [1.54, 1.807) is 16.9 Å². The molecule has 1 unspecified atom stereocenters. The Kier molecular flexibility index (Phi) is 5.00. The lowest BCUT2D eigenvalue weighted by atomic mass is 10.1. The standard InChI is InChI=1S/C14H16BrClN4O/c1-8(7-20-10(3)13(16)9(2)19-20)14(21)18-12-5-4-11(15)6-17-12/h4-6,8H,7H2,1-3H3,(H,17,18,21). The highest BCUT2D eigenvalue weighted by Crippen LogP contribution is 2.20. The highest BCUT2D eigenvalue weighted by molar-refractivity contribution is 9.10. The molecule has 0 saturated carbocycles. The van der Waals surface area contributed by atoms with Crippen molar-refractivity contribution in [1.82, 2.24) is 14.8 Å². The van der Waals surface area contributed by atoms with Gasteiger partial charge in [0.15, 0.2) is 0 Å². The highest BCUT2D eigenvalue weighted by Gasteiger charge is 2.17. The molecule has 1 atom stereocenters. The highest BCUT2D eigenvalue weighted by atomic mass is 79.9. The maximum absolute atomic E-state index is 12.2. The van der Waals surface area contributed by atoms with Gasteiger partial charge >= 0.3 is 0 Å². The minimum absolute atomic E-state index is 0.103. The van der Waals surface area contributed by atoms with Gasteiger partial charge in [-0.25, -0.2) is 4.98 Å². The Morgan fingerprint density at radius 1 is 1.48 bits per heavy atom. The van der Waals surface area contributed by atoms with Crippen molar-refractivity contribution in [1.29, 1.82) is 0 Å². The number of halogens is 2. The molecule has 2 rings (SSSR count). The van der Waals surface area contributed by atoms with Crippen LogP contribution in [0.3, 0.4) is 0 Å². The van der Waals surface area contributed by atoms with Gasteiger partial charge in [-0.2, -0.15) is 5.10 Å². The number of pyridine rings is 1. The summed E-state index contributed by atoms with van der Waals surface area (Å²) in [4.78, 5) is 16.3. The van der Waals surface area contributed by atoms with Crippen LogP contribution in [0.15, 0.2) is 22.8 Å². The van der Waals surface area contributed by atoms with Gasteiger partial charge in [0.05, 0.1) is 28.9 Å². The Bertz CT molecular complexity index is 654. The van der Waals surface area contributed by atoms with Gasteiger partial charge in [0, 0.05) is 10.7 Å². The smallest absolute Gasteiger partial charge is 0.230 e. The summed E-state index contributed by atoms with van der Waals surface area (Å²) in [6.07, 6.45) is 1.64. The van der Waals surface area contributed by atoms with Crippen molar-refractivity contribution < 1.29 is 4.79 Å². The molecule has 2 aromatic heterocycles. The number of hydrogen-bond acceptors (Lipinski definition) is 3. The second-order valence-electron chi connectivity index (χ2n) is 4.92. The average molecular weight is 372 g/mol. The van der Waals surface area contributed by atoms with E-state index in [4.69, 9.17) is 11.6 Å². The first kappa shape index (κ1) is 16.0. The number of nitrogens with zero attached hydrogens (tertiary/aromatic N) is 3. The molecule has 0 aliphatic rings. The van der Waals surface area contributed by atoms with Gasteiger partial charge in [-0.15, -0.1) is 0 Å². The molecule has 0 spiro atoms. The summed E-state index contributed by atoms with van der Waals surface area (Å²) in [7, 11) is 0. The van der Waals surface area contributed by atoms with Crippen LogP contribution < -0.4 is 5.32 Å². The Labute approximate surface area is 136 Å². The minimum atomic E-state index is -0.246. The van der Waals surface area contributed by atoms with E-state index in [1.807, 2.05) is 26.8 Å². The molecule has 0 saturated heterocycles. The van der Waals surface area contributed by atoms with Crippen molar-refractivity contribution >= 4 is 39.3 Å². The van der Waals surface area contributed by atoms with Gasteiger partial charge in [-0.3, -0.25) is 9.48 Å². The molecule has 2 heterocycles. The summed E-state index contributed by atoms with van der Waals surface area (Å²) < 4.78 is 2.63. The second kappa shape index (κ2) is 6.58. The zero-order valence-electron chi connectivity index (χ0n) is 12.0. The molecule has 112 valence electrons. The zero-order valence-corrected chi connectivity index (χ0v) is 14.4. The SMILES string of the molecule is Cc1nn(CC(C)C(=O)Nc2ccc(Br)cn2)c(C)c1Cl. The third kappa shape index (κ3) is 3.83. The lowest BCUT2D eigenvalue weighted by molar-refractivity contribution is -0.119. The molecule has 0 radical (unpaired) electrons. The summed E-state index contributed by atoms with van der Waals surface area (Å²) >= 11 is 9.41. The Hall–Kier alpha value is -1.40. The molecular formula is C14H16BrClN4O. The number of carbonyl (C=O) groups is 1. The predicted molar refractivity (Wildman–Crippen MR) is 86.4 cm³/mol. The largest absolute Gasteiger partial charge is 0.310 e. The second-order valence-corrected chi connectivity index (χ2v) is 6.21. The molecular weight excluding hydrogens is 356 g/mol. The first-order valence-electron chi connectivity index (χ1n) is 6.50. The van der Waals surface area contributed by atoms with Gasteiger partial charge in [0.2, 0.25) is 5.91 Å². The van der Waals surface area contributed by atoms with Gasteiger partial charge in [0.1, 0.15) is 5.82 Å². The summed E-state index contributed by atoms with van der Waals surface area (Å²) in [6, 6.07) is 3.57. The normalized spacial score (nSPS) is 12.2. The monoisotopic (exact) mass is 370 g/mol. The molecule has 1 N–H and O–H groups in total. The van der Waals surface area contributed by atoms with Crippen molar-refractivity contribution in [2.75, 3.05) is 5.32 Å². The molecule has 0 aromatic carbocycles. The van der Waals surface area contributed by atoms with E-state index in [2.05, 4.69) is 31.3 Å². The van der Waals surface area contributed by atoms with E-state index in [9.17, 15) is 4.79 Å². The number of aromatic nitrogens is 3. The molecule has 0 bridgehead atoms. The van der Waals surface area contributed by atoms with Gasteiger partial charge in [-0.05, 0) is 41.9 Å². The van der Waals surface area contributed by atoms with Crippen LogP contribution in [0.2, 0.25) is 5.02 Å². The van der Waals surface area contributed by atoms with Crippen LogP contribution in [0.5, 0.6) is 0 Å². The summed E-state index contributed by atoms with van der Waals surface area (Å²) in [5, 5.41) is 7.77.